The van der Waals surface area contributed by atoms with Crippen LogP contribution in [0.4, 0.5) is 10.6 Å². The summed E-state index contributed by atoms with van der Waals surface area (Å²) in [6.45, 7) is 6.65. The lowest BCUT2D eigenvalue weighted by molar-refractivity contribution is -0.170. The van der Waals surface area contributed by atoms with E-state index >= 15 is 0 Å². The number of methoxy groups -OCH3 is 1. The number of likely N-dealkylation sites (N-methyl/N-ethyl adjacent to an activating group) is 1. The van der Waals surface area contributed by atoms with Crippen LogP contribution in [0, 0.1) is 0 Å². The molecule has 4 rings (SSSR count). The predicted octanol–water partition coefficient (Wildman–Crippen LogP) is 4.59. The number of piperidine rings is 1. The van der Waals surface area contributed by atoms with Crippen LogP contribution in [0.2, 0.25) is 5.02 Å². The minimum Gasteiger partial charge on any atom is -0.444 e. The van der Waals surface area contributed by atoms with Crippen LogP contribution in [0.3, 0.4) is 0 Å². The molecule has 1 aliphatic rings. The fourth-order valence-corrected chi connectivity index (χ4v) is 5.78. The van der Waals surface area contributed by atoms with Crippen molar-refractivity contribution in [1.82, 2.24) is 25.5 Å². The minimum absolute atomic E-state index is 0.0670. The van der Waals surface area contributed by atoms with Crippen molar-refractivity contribution >= 4 is 35.3 Å². The van der Waals surface area contributed by atoms with Gasteiger partial charge in [-0.3, -0.25) is 14.4 Å². The SMILES string of the molecule is COCn1nc(C(=O)N[C@@H](Cc2ccccc2)C(=O)N(C)OC)c(Cc2ccccc2Cl)c1N1CCC[C@@H](NC(=O)OC(C)(C)C)C1. The number of benzene rings is 2. The van der Waals surface area contributed by atoms with Crippen LogP contribution in [-0.2, 0) is 38.7 Å². The number of amides is 3. The number of aromatic nitrogens is 2. The zero-order valence-corrected chi connectivity index (χ0v) is 28.7. The van der Waals surface area contributed by atoms with E-state index < -0.39 is 29.6 Å². The van der Waals surface area contributed by atoms with E-state index in [9.17, 15) is 14.4 Å². The zero-order chi connectivity index (χ0) is 34.1. The fraction of sp³-hybridized carbons (Fsp3) is 0.471. The van der Waals surface area contributed by atoms with Crippen molar-refractivity contribution in [3.05, 3.63) is 82.0 Å². The molecule has 2 N–H and O–H groups in total. The maximum Gasteiger partial charge on any atom is 0.407 e. The van der Waals surface area contributed by atoms with Gasteiger partial charge in [0.05, 0.1) is 7.11 Å². The van der Waals surface area contributed by atoms with E-state index in [1.165, 1.54) is 14.2 Å². The first-order chi connectivity index (χ1) is 22.4. The Balaban J connectivity index is 1.73. The third-order valence-electron chi connectivity index (χ3n) is 7.72. The lowest BCUT2D eigenvalue weighted by Gasteiger charge is -2.35. The first-order valence-corrected chi connectivity index (χ1v) is 16.0. The van der Waals surface area contributed by atoms with Crippen molar-refractivity contribution in [2.24, 2.45) is 0 Å². The van der Waals surface area contributed by atoms with Crippen molar-refractivity contribution in [2.75, 3.05) is 39.3 Å². The van der Waals surface area contributed by atoms with Crippen LogP contribution in [0.5, 0.6) is 0 Å². The normalized spacial score (nSPS) is 15.6. The lowest BCUT2D eigenvalue weighted by atomic mass is 10.0. The van der Waals surface area contributed by atoms with Gasteiger partial charge in [-0.15, -0.1) is 0 Å². The highest BCUT2D eigenvalue weighted by molar-refractivity contribution is 6.31. The Labute approximate surface area is 281 Å². The van der Waals surface area contributed by atoms with Crippen molar-refractivity contribution in [1.29, 1.82) is 0 Å². The Morgan fingerprint density at radius 3 is 2.45 bits per heavy atom. The van der Waals surface area contributed by atoms with E-state index in [1.54, 1.807) is 17.9 Å². The molecule has 12 nitrogen and oxygen atoms in total. The molecular weight excluding hydrogens is 624 g/mol. The van der Waals surface area contributed by atoms with Crippen molar-refractivity contribution < 1.29 is 28.7 Å². The highest BCUT2D eigenvalue weighted by Crippen LogP contribution is 2.32. The van der Waals surface area contributed by atoms with Gasteiger partial charge in [-0.05, 0) is 50.8 Å². The number of carbonyl (C=O) groups excluding carboxylic acids is 3. The quantitative estimate of drug-likeness (QED) is 0.269. The van der Waals surface area contributed by atoms with Gasteiger partial charge in [0.25, 0.3) is 11.8 Å². The molecule has 13 heteroatoms. The number of alkyl carbamates (subject to hydrolysis) is 1. The Morgan fingerprint density at radius 2 is 1.79 bits per heavy atom. The van der Waals surface area contributed by atoms with Crippen LogP contribution in [-0.4, -0.2) is 84.8 Å². The second kappa shape index (κ2) is 16.1. The minimum atomic E-state index is -0.934. The molecule has 2 atom stereocenters. The number of carbonyl (C=O) groups is 3. The number of hydrogen-bond donors (Lipinski definition) is 2. The molecule has 47 heavy (non-hydrogen) atoms. The van der Waals surface area contributed by atoms with Crippen LogP contribution in [0.15, 0.2) is 54.6 Å². The molecule has 0 unspecified atom stereocenters. The average molecular weight is 669 g/mol. The number of hydrogen-bond acceptors (Lipinski definition) is 8. The van der Waals surface area contributed by atoms with Crippen LogP contribution < -0.4 is 15.5 Å². The van der Waals surface area contributed by atoms with Gasteiger partial charge < -0.3 is 25.0 Å². The van der Waals surface area contributed by atoms with Gasteiger partial charge >= 0.3 is 6.09 Å². The highest BCUT2D eigenvalue weighted by Gasteiger charge is 2.33. The molecule has 0 radical (unpaired) electrons. The molecule has 0 saturated carbocycles. The van der Waals surface area contributed by atoms with Gasteiger partial charge in [-0.2, -0.15) is 5.10 Å². The largest absolute Gasteiger partial charge is 0.444 e. The topological polar surface area (TPSA) is 127 Å². The summed E-state index contributed by atoms with van der Waals surface area (Å²) in [4.78, 5) is 47.5. The lowest BCUT2D eigenvalue weighted by Crippen LogP contribution is -2.49. The number of nitrogens with one attached hydrogen (secondary N) is 2. The monoisotopic (exact) mass is 668 g/mol. The number of ether oxygens (including phenoxy) is 2. The summed E-state index contributed by atoms with van der Waals surface area (Å²) in [5.74, 6) is -0.268. The van der Waals surface area contributed by atoms with E-state index in [0.717, 1.165) is 29.0 Å². The summed E-state index contributed by atoms with van der Waals surface area (Å²) in [7, 11) is 4.44. The van der Waals surface area contributed by atoms with Gasteiger partial charge in [-0.25, -0.2) is 14.5 Å². The van der Waals surface area contributed by atoms with E-state index in [0.29, 0.717) is 29.5 Å². The molecule has 1 saturated heterocycles. The molecule has 0 bridgehead atoms. The summed E-state index contributed by atoms with van der Waals surface area (Å²) in [5.41, 5.74) is 1.81. The molecule has 2 heterocycles. The number of hydroxylamine groups is 2. The van der Waals surface area contributed by atoms with Crippen LogP contribution >= 0.6 is 11.6 Å². The summed E-state index contributed by atoms with van der Waals surface area (Å²) >= 11 is 6.62. The average Bonchev–Trinajstić information content (AvgIpc) is 3.38. The van der Waals surface area contributed by atoms with Crippen LogP contribution in [0.25, 0.3) is 0 Å². The van der Waals surface area contributed by atoms with Gasteiger partial charge in [0.15, 0.2) is 5.69 Å². The summed E-state index contributed by atoms with van der Waals surface area (Å²) < 4.78 is 12.7. The Hall–Kier alpha value is -4.13. The predicted molar refractivity (Wildman–Crippen MR) is 179 cm³/mol. The van der Waals surface area contributed by atoms with Crippen molar-refractivity contribution in [3.8, 4) is 0 Å². The number of anilines is 1. The molecule has 1 fully saturated rings. The number of rotatable bonds is 12. The zero-order valence-electron chi connectivity index (χ0n) is 27.9. The molecule has 2 aromatic carbocycles. The van der Waals surface area contributed by atoms with Crippen LogP contribution in [0.1, 0.15) is 60.8 Å². The number of nitrogens with zero attached hydrogens (tertiary/aromatic N) is 4. The molecule has 3 amide bonds. The second-order valence-corrected chi connectivity index (χ2v) is 12.9. The second-order valence-electron chi connectivity index (χ2n) is 12.5. The Morgan fingerprint density at radius 1 is 1.09 bits per heavy atom. The standard InChI is InChI=1S/C34H45ClN6O6/c1-34(2,3)47-33(44)36-25-16-12-18-40(21-25)31-26(20-24-15-10-11-17-27(24)35)29(38-41(31)22-45-5)30(42)37-28(32(43)39(4)46-6)19-23-13-8-7-9-14-23/h7-11,13-15,17,25,28H,12,16,18-22H2,1-6H3,(H,36,44)(H,37,42)/t25-,28+/m1/s1. The van der Waals surface area contributed by atoms with Crippen molar-refractivity contribution in [2.45, 2.75) is 70.9 Å². The summed E-state index contributed by atoms with van der Waals surface area (Å²) in [6.07, 6.45) is 1.59. The Bertz CT molecular complexity index is 1520. The van der Waals surface area contributed by atoms with E-state index in [-0.39, 0.29) is 31.3 Å². The summed E-state index contributed by atoms with van der Waals surface area (Å²) in [6, 6.07) is 15.7. The fourth-order valence-electron chi connectivity index (χ4n) is 5.58. The van der Waals surface area contributed by atoms with Gasteiger partial charge in [0.2, 0.25) is 0 Å². The molecule has 0 aliphatic carbocycles. The first-order valence-electron chi connectivity index (χ1n) is 15.6. The Kier molecular flexibility index (Phi) is 12.3. The van der Waals surface area contributed by atoms with Gasteiger partial charge in [0, 0.05) is 56.7 Å². The third-order valence-corrected chi connectivity index (χ3v) is 8.09. The molecule has 1 aromatic heterocycles. The van der Waals surface area contributed by atoms with E-state index in [4.69, 9.17) is 31.0 Å². The molecule has 254 valence electrons. The van der Waals surface area contributed by atoms with E-state index in [1.807, 2.05) is 69.3 Å². The van der Waals surface area contributed by atoms with Gasteiger partial charge in [0.1, 0.15) is 24.2 Å². The van der Waals surface area contributed by atoms with E-state index in [2.05, 4.69) is 15.5 Å². The smallest absolute Gasteiger partial charge is 0.407 e. The summed E-state index contributed by atoms with van der Waals surface area (Å²) in [5, 5.41) is 12.3. The third kappa shape index (κ3) is 9.69. The van der Waals surface area contributed by atoms with Crippen molar-refractivity contribution in [3.63, 3.8) is 0 Å². The highest BCUT2D eigenvalue weighted by atomic mass is 35.5. The molecular formula is C34H45ClN6O6. The number of halogens is 1. The molecule has 0 spiro atoms. The first kappa shape index (κ1) is 35.7. The molecule has 3 aromatic rings. The molecule has 1 aliphatic heterocycles. The maximum atomic E-state index is 14.2. The van der Waals surface area contributed by atoms with Gasteiger partial charge in [-0.1, -0.05) is 60.1 Å². The maximum absolute atomic E-state index is 14.2.